The zero-order valence-corrected chi connectivity index (χ0v) is 21.8. The molecule has 2 N–H and O–H groups in total. The van der Waals surface area contributed by atoms with E-state index in [9.17, 15) is 14.4 Å². The van der Waals surface area contributed by atoms with Crippen molar-refractivity contribution in [3.05, 3.63) is 47.5 Å². The molecule has 0 saturated carbocycles. The summed E-state index contributed by atoms with van der Waals surface area (Å²) in [5.41, 5.74) is 2.73. The van der Waals surface area contributed by atoms with E-state index < -0.39 is 12.1 Å². The number of nitrogens with one attached hydrogen (secondary N) is 2. The molecule has 2 aliphatic heterocycles. The van der Waals surface area contributed by atoms with Crippen LogP contribution in [0.15, 0.2) is 30.5 Å². The third-order valence-electron chi connectivity index (χ3n) is 6.23. The van der Waals surface area contributed by atoms with Gasteiger partial charge in [0.15, 0.2) is 0 Å². The van der Waals surface area contributed by atoms with Crippen LogP contribution in [0.2, 0.25) is 0 Å². The molecule has 0 aliphatic carbocycles. The van der Waals surface area contributed by atoms with Gasteiger partial charge in [-0.05, 0) is 30.5 Å². The summed E-state index contributed by atoms with van der Waals surface area (Å²) < 4.78 is 2.53. The number of nitrogens with zero attached hydrogens (tertiary/aromatic N) is 5. The molecule has 182 valence electrons. The highest BCUT2D eigenvalue weighted by Crippen LogP contribution is 2.22. The van der Waals surface area contributed by atoms with E-state index in [1.807, 2.05) is 50.0 Å². The van der Waals surface area contributed by atoms with Crippen molar-refractivity contribution >= 4 is 46.2 Å². The Balaban J connectivity index is 1.32. The second kappa shape index (κ2) is 10.3. The van der Waals surface area contributed by atoms with Crippen molar-refractivity contribution in [3.63, 3.8) is 0 Å². The van der Waals surface area contributed by atoms with Gasteiger partial charge in [0.05, 0.1) is 18.4 Å². The molecule has 1 aromatic heterocycles. The third kappa shape index (κ3) is 5.04. The lowest BCUT2D eigenvalue weighted by Gasteiger charge is -2.40. The lowest BCUT2D eigenvalue weighted by molar-refractivity contribution is -0.138. The zero-order valence-electron chi connectivity index (χ0n) is 19.6. The van der Waals surface area contributed by atoms with E-state index in [-0.39, 0.29) is 17.9 Å². The number of benzene rings is 1. The van der Waals surface area contributed by atoms with Crippen molar-refractivity contribution in [1.29, 1.82) is 0 Å². The predicted octanol–water partition coefficient (Wildman–Crippen LogP) is 2.82. The van der Waals surface area contributed by atoms with Crippen molar-refractivity contribution in [2.45, 2.75) is 37.8 Å². The van der Waals surface area contributed by atoms with Gasteiger partial charge in [0, 0.05) is 36.3 Å². The smallest absolute Gasteiger partial charge is 0.338 e. The number of aromatic nitrogens is 2. The normalized spacial score (nSPS) is 17.1. The van der Waals surface area contributed by atoms with Gasteiger partial charge in [-0.15, -0.1) is 0 Å². The van der Waals surface area contributed by atoms with Crippen LogP contribution < -0.4 is 10.6 Å². The number of rotatable bonds is 6. The van der Waals surface area contributed by atoms with Gasteiger partial charge < -0.3 is 15.5 Å². The maximum atomic E-state index is 13.3. The van der Waals surface area contributed by atoms with Crippen molar-refractivity contribution in [1.82, 2.24) is 29.8 Å². The van der Waals surface area contributed by atoms with Crippen molar-refractivity contribution in [2.75, 3.05) is 31.5 Å². The summed E-state index contributed by atoms with van der Waals surface area (Å²) in [6.07, 6.45) is 1.73. The Hall–Kier alpha value is -2.67. The Morgan fingerprint density at radius 3 is 2.38 bits per heavy atom. The first-order valence-electron chi connectivity index (χ1n) is 11.4. The van der Waals surface area contributed by atoms with Crippen molar-refractivity contribution < 1.29 is 14.4 Å². The van der Waals surface area contributed by atoms with Crippen LogP contribution >= 0.6 is 22.6 Å². The first-order valence-corrected chi connectivity index (χ1v) is 12.9. The molecule has 1 saturated heterocycles. The number of amides is 4. The average Bonchev–Trinajstić information content (AvgIpc) is 3.37. The highest BCUT2D eigenvalue weighted by molar-refractivity contribution is 14.1. The van der Waals surface area contributed by atoms with Gasteiger partial charge in [0.1, 0.15) is 11.9 Å². The summed E-state index contributed by atoms with van der Waals surface area (Å²) >= 11 is 2.29. The largest absolute Gasteiger partial charge is 0.344 e. The van der Waals surface area contributed by atoms with Crippen LogP contribution in [0.4, 0.5) is 15.3 Å². The van der Waals surface area contributed by atoms with E-state index in [4.69, 9.17) is 0 Å². The minimum Gasteiger partial charge on any atom is -0.338 e. The maximum Gasteiger partial charge on any atom is 0.344 e. The summed E-state index contributed by atoms with van der Waals surface area (Å²) in [5, 5.41) is 9.37. The molecule has 2 aliphatic rings. The molecular weight excluding hydrogens is 549 g/mol. The summed E-state index contributed by atoms with van der Waals surface area (Å²) in [7, 11) is 0. The molecule has 0 spiro atoms. The molecule has 1 aromatic carbocycles. The van der Waals surface area contributed by atoms with Crippen LogP contribution in [-0.4, -0.2) is 74.7 Å². The molecule has 0 unspecified atom stereocenters. The predicted molar refractivity (Wildman–Crippen MR) is 136 cm³/mol. The third-order valence-corrected chi connectivity index (χ3v) is 7.11. The fourth-order valence-corrected chi connectivity index (χ4v) is 4.78. The summed E-state index contributed by atoms with van der Waals surface area (Å²) in [6.45, 7) is 8.21. The van der Waals surface area contributed by atoms with Crippen molar-refractivity contribution in [3.8, 4) is 0 Å². The number of anilines is 1. The topological polar surface area (TPSA) is 103 Å². The molecule has 0 bridgehead atoms. The number of hydrogen-bond donors (Lipinski definition) is 2. The number of carbonyl (C=O) groups excluding carboxylic acids is 3. The number of aryl methyl sites for hydroxylation is 1. The van der Waals surface area contributed by atoms with Crippen LogP contribution in [0.5, 0.6) is 0 Å². The Labute approximate surface area is 212 Å². The number of carbonyl (C=O) groups is 3. The maximum absolute atomic E-state index is 13.3. The molecule has 0 radical (unpaired) electrons. The Morgan fingerprint density at radius 2 is 1.79 bits per heavy atom. The molecule has 3 heterocycles. The molecule has 1 fully saturated rings. The van der Waals surface area contributed by atoms with Crippen LogP contribution in [-0.2, 0) is 15.8 Å². The van der Waals surface area contributed by atoms with E-state index >= 15 is 0 Å². The van der Waals surface area contributed by atoms with Crippen LogP contribution in [0, 0.1) is 12.8 Å². The van der Waals surface area contributed by atoms with E-state index in [1.165, 1.54) is 5.56 Å². The number of fused-ring (bicyclic) bond motifs is 1. The molecule has 34 heavy (non-hydrogen) atoms. The van der Waals surface area contributed by atoms with Gasteiger partial charge in [0.2, 0.25) is 5.91 Å². The van der Waals surface area contributed by atoms with Crippen LogP contribution in [0.25, 0.3) is 0 Å². The average molecular weight is 579 g/mol. The number of imidazole rings is 1. The number of halogens is 1. The second-order valence-electron chi connectivity index (χ2n) is 8.90. The quantitative estimate of drug-likeness (QED) is 0.405. The summed E-state index contributed by atoms with van der Waals surface area (Å²) in [4.78, 5) is 44.6. The second-order valence-corrected chi connectivity index (χ2v) is 9.66. The number of alkyl halides is 1. The highest BCUT2D eigenvalue weighted by Gasteiger charge is 2.36. The molecule has 1 atom stereocenters. The van der Waals surface area contributed by atoms with Gasteiger partial charge in [-0.3, -0.25) is 9.80 Å². The van der Waals surface area contributed by atoms with Crippen LogP contribution in [0.3, 0.4) is 0 Å². The Bertz CT molecular complexity index is 1060. The molecular formula is C23H30IN7O3. The summed E-state index contributed by atoms with van der Waals surface area (Å²) in [5.74, 6) is 0.504. The van der Waals surface area contributed by atoms with Gasteiger partial charge in [-0.2, -0.15) is 0 Å². The first kappa shape index (κ1) is 24.5. The minimum atomic E-state index is -0.636. The lowest BCUT2D eigenvalue weighted by Crippen LogP contribution is -2.59. The number of hydrazine groups is 1. The van der Waals surface area contributed by atoms with Gasteiger partial charge in [-0.1, -0.05) is 48.6 Å². The van der Waals surface area contributed by atoms with Crippen LogP contribution in [0.1, 0.15) is 30.9 Å². The van der Waals surface area contributed by atoms with Gasteiger partial charge in [0.25, 0.3) is 0 Å². The molecule has 10 nitrogen and oxygen atoms in total. The van der Waals surface area contributed by atoms with Gasteiger partial charge >= 0.3 is 12.1 Å². The number of hydrogen-bond acceptors (Lipinski definition) is 5. The zero-order chi connectivity index (χ0) is 24.4. The number of piperazine rings is 1. The van der Waals surface area contributed by atoms with E-state index in [0.29, 0.717) is 44.2 Å². The lowest BCUT2D eigenvalue weighted by atomic mass is 10.0. The van der Waals surface area contributed by atoms with E-state index in [1.54, 1.807) is 20.7 Å². The Morgan fingerprint density at radius 1 is 1.12 bits per heavy atom. The monoisotopic (exact) mass is 579 g/mol. The minimum absolute atomic E-state index is 0.0702. The van der Waals surface area contributed by atoms with Gasteiger partial charge in [-0.25, -0.2) is 24.1 Å². The summed E-state index contributed by atoms with van der Waals surface area (Å²) in [6, 6.07) is 6.50. The van der Waals surface area contributed by atoms with E-state index in [0.717, 1.165) is 10.1 Å². The van der Waals surface area contributed by atoms with E-state index in [2.05, 4.69) is 38.2 Å². The number of urea groups is 1. The molecule has 4 rings (SSSR count). The fraction of sp³-hybridized carbons (Fsp3) is 0.478. The van der Waals surface area contributed by atoms with Crippen molar-refractivity contribution in [2.24, 2.45) is 5.92 Å². The fourth-order valence-electron chi connectivity index (χ4n) is 4.28. The first-order chi connectivity index (χ1) is 16.3. The molecule has 4 amide bonds. The SMILES string of the molecule is Cc1ncc2n1C(=O)N(N1CCN(C(=O)[C@H](NC(=O)Nc3ccc(CI)cc3)C(C)C)CC1)C2. The molecule has 11 heteroatoms. The standard InChI is InChI=1S/C23H30IN7O3/c1-15(2)20(27-22(33)26-18-6-4-17(12-24)5-7-18)21(32)28-8-10-29(11-9-28)30-14-19-13-25-16(3)31(19)23(30)34/h4-7,13,15,20H,8-12,14H2,1-3H3,(H2,26,27,33)/t20-/m1/s1. The molecule has 2 aromatic rings. The Kier molecular flexibility index (Phi) is 7.41. The highest BCUT2D eigenvalue weighted by atomic mass is 127.